The Morgan fingerprint density at radius 3 is 2.57 bits per heavy atom. The summed E-state index contributed by atoms with van der Waals surface area (Å²) in [6.07, 6.45) is 0. The lowest BCUT2D eigenvalue weighted by Crippen LogP contribution is -2.33. The van der Waals surface area contributed by atoms with Crippen LogP contribution in [0.2, 0.25) is 5.02 Å². The van der Waals surface area contributed by atoms with Gasteiger partial charge in [-0.25, -0.2) is 0 Å². The second-order valence-corrected chi connectivity index (χ2v) is 6.89. The fraction of sp³-hybridized carbons (Fsp3) is 0.278. The number of carbonyl (C=O) groups excluding carboxylic acids is 1. The van der Waals surface area contributed by atoms with Crippen LogP contribution in [-0.2, 0) is 16.1 Å². The van der Waals surface area contributed by atoms with E-state index >= 15 is 0 Å². The highest BCUT2D eigenvalue weighted by Gasteiger charge is 2.13. The van der Waals surface area contributed by atoms with Crippen molar-refractivity contribution in [3.63, 3.8) is 0 Å². The first kappa shape index (κ1) is 17.9. The van der Waals surface area contributed by atoms with Crippen molar-refractivity contribution in [3.05, 3.63) is 65.2 Å². The summed E-state index contributed by atoms with van der Waals surface area (Å²) in [5, 5.41) is 3.42. The molecular weight excluding hydrogens is 330 g/mol. The van der Waals surface area contributed by atoms with E-state index in [9.17, 15) is 4.79 Å². The number of thioether (sulfide) groups is 1. The zero-order chi connectivity index (χ0) is 16.5. The number of benzene rings is 2. The van der Waals surface area contributed by atoms with Gasteiger partial charge >= 0.3 is 0 Å². The predicted molar refractivity (Wildman–Crippen MR) is 95.9 cm³/mol. The van der Waals surface area contributed by atoms with Crippen molar-refractivity contribution in [1.29, 1.82) is 0 Å². The highest BCUT2D eigenvalue weighted by Crippen LogP contribution is 2.24. The normalized spacial score (nSPS) is 11.9. The second kappa shape index (κ2) is 9.60. The largest absolute Gasteiger partial charge is 0.375 e. The molecule has 0 aliphatic carbocycles. The van der Waals surface area contributed by atoms with Gasteiger partial charge in [-0.1, -0.05) is 41.9 Å². The molecule has 0 spiro atoms. The molecule has 0 saturated heterocycles. The molecule has 122 valence electrons. The maximum atomic E-state index is 12.0. The third kappa shape index (κ3) is 6.65. The molecule has 3 nitrogen and oxygen atoms in total. The summed E-state index contributed by atoms with van der Waals surface area (Å²) in [7, 11) is 0. The molecule has 0 aliphatic rings. The molecule has 0 saturated carbocycles. The third-order valence-electron chi connectivity index (χ3n) is 3.15. The lowest BCUT2D eigenvalue weighted by Gasteiger charge is -2.12. The quantitative estimate of drug-likeness (QED) is 0.574. The van der Waals surface area contributed by atoms with E-state index in [2.05, 4.69) is 5.32 Å². The van der Waals surface area contributed by atoms with Crippen LogP contribution in [-0.4, -0.2) is 24.3 Å². The van der Waals surface area contributed by atoms with Gasteiger partial charge in [0.1, 0.15) is 0 Å². The molecule has 0 radical (unpaired) electrons. The number of hydrogen-bond acceptors (Lipinski definition) is 3. The minimum Gasteiger partial charge on any atom is -0.375 e. The van der Waals surface area contributed by atoms with E-state index in [-0.39, 0.29) is 11.2 Å². The Balaban J connectivity index is 1.63. The number of nitrogens with one attached hydrogen (secondary N) is 1. The Bertz CT molecular complexity index is 604. The minimum absolute atomic E-state index is 0.00765. The first-order valence-electron chi connectivity index (χ1n) is 7.47. The fourth-order valence-corrected chi connectivity index (χ4v) is 2.94. The summed E-state index contributed by atoms with van der Waals surface area (Å²) in [5.74, 6) is 0.00765. The maximum absolute atomic E-state index is 12.0. The molecule has 1 atom stereocenters. The highest BCUT2D eigenvalue weighted by atomic mass is 35.5. The van der Waals surface area contributed by atoms with Gasteiger partial charge < -0.3 is 10.1 Å². The van der Waals surface area contributed by atoms with Crippen LogP contribution in [0.25, 0.3) is 0 Å². The van der Waals surface area contributed by atoms with Gasteiger partial charge in [-0.3, -0.25) is 4.79 Å². The fourth-order valence-electron chi connectivity index (χ4n) is 1.93. The SMILES string of the molecule is CC(Sc1ccc(Cl)cc1)C(=O)NCCOCc1ccccc1. The van der Waals surface area contributed by atoms with Crippen molar-refractivity contribution < 1.29 is 9.53 Å². The van der Waals surface area contributed by atoms with Crippen molar-refractivity contribution in [2.24, 2.45) is 0 Å². The molecule has 23 heavy (non-hydrogen) atoms. The van der Waals surface area contributed by atoms with Crippen molar-refractivity contribution in [3.8, 4) is 0 Å². The summed E-state index contributed by atoms with van der Waals surface area (Å²) in [5.41, 5.74) is 1.13. The van der Waals surface area contributed by atoms with Crippen molar-refractivity contribution in [1.82, 2.24) is 5.32 Å². The monoisotopic (exact) mass is 349 g/mol. The van der Waals surface area contributed by atoms with Crippen LogP contribution in [0.4, 0.5) is 0 Å². The van der Waals surface area contributed by atoms with Gasteiger partial charge in [-0.05, 0) is 36.8 Å². The Kier molecular flexibility index (Phi) is 7.46. The summed E-state index contributed by atoms with van der Waals surface area (Å²) in [6.45, 7) is 3.46. The Labute approximate surface area is 146 Å². The highest BCUT2D eigenvalue weighted by molar-refractivity contribution is 8.00. The van der Waals surface area contributed by atoms with Crippen molar-refractivity contribution >= 4 is 29.3 Å². The smallest absolute Gasteiger partial charge is 0.233 e. The lowest BCUT2D eigenvalue weighted by atomic mass is 10.2. The van der Waals surface area contributed by atoms with Crippen LogP contribution in [0.1, 0.15) is 12.5 Å². The molecular formula is C18H20ClNO2S. The number of amides is 1. The standard InChI is InChI=1S/C18H20ClNO2S/c1-14(23-17-9-7-16(19)8-10-17)18(21)20-11-12-22-13-15-5-3-2-4-6-15/h2-10,14H,11-13H2,1H3,(H,20,21). The van der Waals surface area contributed by atoms with Crippen molar-refractivity contribution in [2.45, 2.75) is 23.7 Å². The van der Waals surface area contributed by atoms with Gasteiger partial charge in [-0.15, -0.1) is 11.8 Å². The topological polar surface area (TPSA) is 38.3 Å². The van der Waals surface area contributed by atoms with Crippen molar-refractivity contribution in [2.75, 3.05) is 13.2 Å². The van der Waals surface area contributed by atoms with Crippen LogP contribution in [0.5, 0.6) is 0 Å². The van der Waals surface area contributed by atoms with Crippen LogP contribution in [0, 0.1) is 0 Å². The summed E-state index contributed by atoms with van der Waals surface area (Å²) < 4.78 is 5.55. The number of rotatable bonds is 8. The van der Waals surface area contributed by atoms with Gasteiger partial charge in [0.2, 0.25) is 5.91 Å². The van der Waals surface area contributed by atoms with Gasteiger partial charge in [0, 0.05) is 16.5 Å². The Morgan fingerprint density at radius 2 is 1.87 bits per heavy atom. The first-order valence-corrected chi connectivity index (χ1v) is 8.72. The van der Waals surface area contributed by atoms with Gasteiger partial charge in [0.15, 0.2) is 0 Å². The molecule has 0 bridgehead atoms. The number of ether oxygens (including phenoxy) is 1. The maximum Gasteiger partial charge on any atom is 0.233 e. The van der Waals surface area contributed by atoms with E-state index in [1.807, 2.05) is 61.5 Å². The van der Waals surface area contributed by atoms with Crippen LogP contribution < -0.4 is 5.32 Å². The van der Waals surface area contributed by atoms with Crippen LogP contribution in [0.15, 0.2) is 59.5 Å². The van der Waals surface area contributed by atoms with E-state index in [0.29, 0.717) is 24.8 Å². The Hall–Kier alpha value is -1.49. The second-order valence-electron chi connectivity index (χ2n) is 5.04. The minimum atomic E-state index is -0.162. The predicted octanol–water partition coefficient (Wildman–Crippen LogP) is 4.15. The summed E-state index contributed by atoms with van der Waals surface area (Å²) in [4.78, 5) is 13.1. The average Bonchev–Trinajstić information content (AvgIpc) is 2.57. The summed E-state index contributed by atoms with van der Waals surface area (Å²) >= 11 is 7.36. The molecule has 2 rings (SSSR count). The molecule has 1 amide bonds. The Morgan fingerprint density at radius 1 is 1.17 bits per heavy atom. The number of carbonyl (C=O) groups is 1. The molecule has 0 heterocycles. The molecule has 5 heteroatoms. The zero-order valence-electron chi connectivity index (χ0n) is 13.0. The first-order chi connectivity index (χ1) is 11.1. The molecule has 0 aliphatic heterocycles. The van der Waals surface area contributed by atoms with Crippen LogP contribution >= 0.6 is 23.4 Å². The molecule has 0 fully saturated rings. The van der Waals surface area contributed by atoms with E-state index in [1.54, 1.807) is 0 Å². The van der Waals surface area contributed by atoms with Gasteiger partial charge in [0.05, 0.1) is 18.5 Å². The average molecular weight is 350 g/mol. The lowest BCUT2D eigenvalue weighted by molar-refractivity contribution is -0.120. The zero-order valence-corrected chi connectivity index (χ0v) is 14.6. The number of hydrogen-bond donors (Lipinski definition) is 1. The third-order valence-corrected chi connectivity index (χ3v) is 4.52. The van der Waals surface area contributed by atoms with E-state index in [0.717, 1.165) is 10.5 Å². The van der Waals surface area contributed by atoms with Gasteiger partial charge in [-0.2, -0.15) is 0 Å². The molecule has 2 aromatic rings. The van der Waals surface area contributed by atoms with E-state index in [1.165, 1.54) is 11.8 Å². The molecule has 1 unspecified atom stereocenters. The van der Waals surface area contributed by atoms with E-state index < -0.39 is 0 Å². The van der Waals surface area contributed by atoms with Gasteiger partial charge in [0.25, 0.3) is 0 Å². The van der Waals surface area contributed by atoms with E-state index in [4.69, 9.17) is 16.3 Å². The van der Waals surface area contributed by atoms with Crippen LogP contribution in [0.3, 0.4) is 0 Å². The molecule has 1 N–H and O–H groups in total. The molecule has 2 aromatic carbocycles. The molecule has 0 aromatic heterocycles. The number of halogens is 1. The summed E-state index contributed by atoms with van der Waals surface area (Å²) in [6, 6.07) is 17.5.